The van der Waals surface area contributed by atoms with Gasteiger partial charge < -0.3 is 0 Å². The molecule has 0 spiro atoms. The van der Waals surface area contributed by atoms with Crippen LogP contribution in [0.1, 0.15) is 16.4 Å². The van der Waals surface area contributed by atoms with Gasteiger partial charge >= 0.3 is 0 Å². The van der Waals surface area contributed by atoms with Crippen LogP contribution < -0.4 is 4.72 Å². The second-order valence-corrected chi connectivity index (χ2v) is 7.67. The molecule has 0 heterocycles. The highest BCUT2D eigenvalue weighted by Crippen LogP contribution is 2.30. The van der Waals surface area contributed by atoms with Crippen molar-refractivity contribution in [1.82, 2.24) is 0 Å². The number of nitrogens with one attached hydrogen (secondary N) is 1. The van der Waals surface area contributed by atoms with E-state index >= 15 is 0 Å². The second kappa shape index (κ2) is 5.92. The molecular formula is C14H14INO2S. The molecule has 100 valence electrons. The first-order valence-corrected chi connectivity index (χ1v) is 8.54. The molecule has 19 heavy (non-hydrogen) atoms. The minimum atomic E-state index is -3.52. The summed E-state index contributed by atoms with van der Waals surface area (Å²) in [4.78, 5) is 0.269. The Kier molecular flexibility index (Phi) is 4.46. The van der Waals surface area contributed by atoms with E-state index < -0.39 is 10.0 Å². The third-order valence-corrected chi connectivity index (χ3v) is 4.74. The van der Waals surface area contributed by atoms with Crippen LogP contribution in [0.3, 0.4) is 0 Å². The third kappa shape index (κ3) is 3.48. The molecule has 0 amide bonds. The van der Waals surface area contributed by atoms with Crippen molar-refractivity contribution in [2.24, 2.45) is 0 Å². The summed E-state index contributed by atoms with van der Waals surface area (Å²) in [5.41, 5.74) is 1.61. The van der Waals surface area contributed by atoms with Crippen molar-refractivity contribution in [2.75, 3.05) is 4.72 Å². The minimum absolute atomic E-state index is 0.229. The molecule has 0 radical (unpaired) electrons. The van der Waals surface area contributed by atoms with Crippen LogP contribution in [0.25, 0.3) is 0 Å². The van der Waals surface area contributed by atoms with E-state index in [1.165, 1.54) is 0 Å². The van der Waals surface area contributed by atoms with E-state index in [1.54, 1.807) is 36.4 Å². The Balaban J connectivity index is 2.37. The fourth-order valence-corrected chi connectivity index (χ4v) is 3.39. The largest absolute Gasteiger partial charge is 0.279 e. The van der Waals surface area contributed by atoms with E-state index in [2.05, 4.69) is 27.3 Å². The van der Waals surface area contributed by atoms with E-state index in [-0.39, 0.29) is 8.82 Å². The van der Waals surface area contributed by atoms with Gasteiger partial charge in [-0.1, -0.05) is 59.0 Å². The molecule has 0 bridgehead atoms. The van der Waals surface area contributed by atoms with Crippen molar-refractivity contribution in [3.63, 3.8) is 0 Å². The molecule has 2 rings (SSSR count). The van der Waals surface area contributed by atoms with Gasteiger partial charge in [-0.25, -0.2) is 8.42 Å². The molecule has 5 heteroatoms. The molecule has 3 nitrogen and oxygen atoms in total. The highest BCUT2D eigenvalue weighted by Gasteiger charge is 2.16. The Morgan fingerprint density at radius 3 is 2.21 bits per heavy atom. The molecule has 0 saturated carbocycles. The minimum Gasteiger partial charge on any atom is -0.279 e. The molecule has 0 fully saturated rings. The highest BCUT2D eigenvalue weighted by atomic mass is 127. The molecule has 0 saturated heterocycles. The lowest BCUT2D eigenvalue weighted by Crippen LogP contribution is -2.14. The molecule has 1 N–H and O–H groups in total. The van der Waals surface area contributed by atoms with Crippen molar-refractivity contribution < 1.29 is 8.42 Å². The van der Waals surface area contributed by atoms with Crippen LogP contribution >= 0.6 is 22.6 Å². The maximum Gasteiger partial charge on any atom is 0.261 e. The van der Waals surface area contributed by atoms with Crippen LogP contribution in [0.4, 0.5) is 5.69 Å². The van der Waals surface area contributed by atoms with Crippen molar-refractivity contribution in [3.05, 3.63) is 60.2 Å². The number of hydrogen-bond donors (Lipinski definition) is 1. The van der Waals surface area contributed by atoms with Gasteiger partial charge in [-0.15, -0.1) is 0 Å². The molecule has 0 aliphatic heterocycles. The summed E-state index contributed by atoms with van der Waals surface area (Å²) < 4.78 is 27.4. The standard InChI is InChI=1S/C14H14INO2S/c1-11(15)13-9-5-6-10-14(13)16-19(17,18)12-7-3-2-4-8-12/h2-11,16H,1H3. The first-order chi connectivity index (χ1) is 9.00. The topological polar surface area (TPSA) is 46.2 Å². The number of anilines is 1. The van der Waals surface area contributed by atoms with Gasteiger partial charge in [-0.2, -0.15) is 0 Å². The summed E-state index contributed by atoms with van der Waals surface area (Å²) in [7, 11) is -3.52. The number of para-hydroxylation sites is 1. The molecular weight excluding hydrogens is 373 g/mol. The summed E-state index contributed by atoms with van der Waals surface area (Å²) in [6.07, 6.45) is 0. The van der Waals surface area contributed by atoms with E-state index in [9.17, 15) is 8.42 Å². The number of sulfonamides is 1. The summed E-state index contributed by atoms with van der Waals surface area (Å²) in [5, 5.41) is 0. The van der Waals surface area contributed by atoms with Crippen LogP contribution in [0, 0.1) is 0 Å². The maximum atomic E-state index is 12.3. The number of alkyl halides is 1. The molecule has 1 atom stereocenters. The predicted molar refractivity (Wildman–Crippen MR) is 86.1 cm³/mol. The van der Waals surface area contributed by atoms with E-state index in [4.69, 9.17) is 0 Å². The summed E-state index contributed by atoms with van der Waals surface area (Å²) in [6, 6.07) is 15.8. The summed E-state index contributed by atoms with van der Waals surface area (Å²) in [5.74, 6) is 0. The van der Waals surface area contributed by atoms with Crippen molar-refractivity contribution in [2.45, 2.75) is 15.7 Å². The van der Waals surface area contributed by atoms with Gasteiger partial charge in [0.1, 0.15) is 0 Å². The highest BCUT2D eigenvalue weighted by molar-refractivity contribution is 14.1. The molecule has 1 unspecified atom stereocenters. The lowest BCUT2D eigenvalue weighted by Gasteiger charge is -2.14. The average molecular weight is 387 g/mol. The Labute approximate surface area is 127 Å². The van der Waals surface area contributed by atoms with Gasteiger partial charge in [-0.3, -0.25) is 4.72 Å². The van der Waals surface area contributed by atoms with Crippen molar-refractivity contribution in [1.29, 1.82) is 0 Å². The van der Waals surface area contributed by atoms with Gasteiger partial charge in [-0.05, 0) is 30.7 Å². The van der Waals surface area contributed by atoms with E-state index in [0.29, 0.717) is 5.69 Å². The smallest absolute Gasteiger partial charge is 0.261 e. The van der Waals surface area contributed by atoms with Crippen molar-refractivity contribution >= 4 is 38.3 Å². The SMILES string of the molecule is CC(I)c1ccccc1NS(=O)(=O)c1ccccc1. The number of hydrogen-bond acceptors (Lipinski definition) is 2. The zero-order valence-electron chi connectivity index (χ0n) is 10.4. The Morgan fingerprint density at radius 1 is 1.00 bits per heavy atom. The molecule has 0 aliphatic carbocycles. The fraction of sp³-hybridized carbons (Fsp3) is 0.143. The lowest BCUT2D eigenvalue weighted by molar-refractivity contribution is 0.601. The Morgan fingerprint density at radius 2 is 1.58 bits per heavy atom. The second-order valence-electron chi connectivity index (χ2n) is 4.12. The predicted octanol–water partition coefficient (Wildman–Crippen LogP) is 3.98. The van der Waals surface area contributed by atoms with Gasteiger partial charge in [0.15, 0.2) is 0 Å². The van der Waals surface area contributed by atoms with Gasteiger partial charge in [0.05, 0.1) is 10.6 Å². The first kappa shape index (κ1) is 14.3. The normalized spacial score (nSPS) is 12.9. The Hall–Kier alpha value is -1.08. The zero-order chi connectivity index (χ0) is 13.9. The molecule has 2 aromatic carbocycles. The third-order valence-electron chi connectivity index (χ3n) is 2.69. The number of halogens is 1. The van der Waals surface area contributed by atoms with Gasteiger partial charge in [0.2, 0.25) is 0 Å². The maximum absolute atomic E-state index is 12.3. The number of benzene rings is 2. The monoisotopic (exact) mass is 387 g/mol. The quantitative estimate of drug-likeness (QED) is 0.637. The van der Waals surface area contributed by atoms with Crippen LogP contribution in [0.2, 0.25) is 0 Å². The van der Waals surface area contributed by atoms with Gasteiger partial charge in [0, 0.05) is 3.92 Å². The molecule has 2 aromatic rings. The molecule has 0 aromatic heterocycles. The van der Waals surface area contributed by atoms with Crippen LogP contribution in [0.5, 0.6) is 0 Å². The van der Waals surface area contributed by atoms with Crippen LogP contribution in [0.15, 0.2) is 59.5 Å². The van der Waals surface area contributed by atoms with E-state index in [1.807, 2.05) is 25.1 Å². The summed E-state index contributed by atoms with van der Waals surface area (Å²) >= 11 is 2.27. The van der Waals surface area contributed by atoms with Crippen molar-refractivity contribution in [3.8, 4) is 0 Å². The van der Waals surface area contributed by atoms with Gasteiger partial charge in [0.25, 0.3) is 10.0 Å². The Bertz CT molecular complexity index is 654. The van der Waals surface area contributed by atoms with E-state index in [0.717, 1.165) is 5.56 Å². The fourth-order valence-electron chi connectivity index (χ4n) is 1.74. The average Bonchev–Trinajstić information content (AvgIpc) is 2.39. The first-order valence-electron chi connectivity index (χ1n) is 5.81. The summed E-state index contributed by atoms with van der Waals surface area (Å²) in [6.45, 7) is 2.02. The zero-order valence-corrected chi connectivity index (χ0v) is 13.4. The number of rotatable bonds is 4. The lowest BCUT2D eigenvalue weighted by atomic mass is 10.1. The van der Waals surface area contributed by atoms with Crippen LogP contribution in [-0.2, 0) is 10.0 Å². The molecule has 0 aliphatic rings. The van der Waals surface area contributed by atoms with Crippen LogP contribution in [-0.4, -0.2) is 8.42 Å².